The molecule has 18 heavy (non-hydrogen) atoms. The Morgan fingerprint density at radius 3 is 2.22 bits per heavy atom. The van der Waals surface area contributed by atoms with Crippen LogP contribution in [0.15, 0.2) is 0 Å². The molecule has 0 fully saturated rings. The van der Waals surface area contributed by atoms with Crippen molar-refractivity contribution in [2.24, 2.45) is 0 Å². The Bertz CT molecular complexity index is 306. The third-order valence-corrected chi connectivity index (χ3v) is 2.09. The Morgan fingerprint density at radius 1 is 1.17 bits per heavy atom. The minimum atomic E-state index is -1.10. The second kappa shape index (κ2) is 8.32. The van der Waals surface area contributed by atoms with Crippen LogP contribution in [0.4, 0.5) is 4.79 Å². The van der Waals surface area contributed by atoms with Gasteiger partial charge >= 0.3 is 18.0 Å². The highest BCUT2D eigenvalue weighted by molar-refractivity contribution is 5.83. The molecule has 0 radical (unpaired) electrons. The van der Waals surface area contributed by atoms with E-state index in [1.165, 1.54) is 11.9 Å². The number of aliphatic carboxylic acids is 1. The fourth-order valence-electron chi connectivity index (χ4n) is 1.39. The number of rotatable bonds is 7. The van der Waals surface area contributed by atoms with Gasteiger partial charge in [-0.2, -0.15) is 0 Å². The Kier molecular flexibility index (Phi) is 7.50. The highest BCUT2D eigenvalue weighted by atomic mass is 16.5. The molecule has 0 spiro atoms. The maximum atomic E-state index is 11.9. The number of amides is 2. The van der Waals surface area contributed by atoms with E-state index in [4.69, 9.17) is 9.84 Å². The number of esters is 1. The molecule has 0 heterocycles. The first-order valence-electron chi connectivity index (χ1n) is 5.79. The molecule has 104 valence electrons. The minimum absolute atomic E-state index is 0.162. The number of carbonyl (C=O) groups excluding carboxylic acids is 2. The van der Waals surface area contributed by atoms with Crippen molar-refractivity contribution in [2.75, 3.05) is 33.3 Å². The lowest BCUT2D eigenvalue weighted by molar-refractivity contribution is -0.143. The highest BCUT2D eigenvalue weighted by Gasteiger charge is 2.21. The molecule has 2 amide bonds. The van der Waals surface area contributed by atoms with Crippen molar-refractivity contribution in [3.8, 4) is 0 Å². The molecule has 0 bridgehead atoms. The molecule has 0 aromatic heterocycles. The van der Waals surface area contributed by atoms with Gasteiger partial charge in [-0.1, -0.05) is 6.92 Å². The summed E-state index contributed by atoms with van der Waals surface area (Å²) in [6.45, 7) is 3.61. The van der Waals surface area contributed by atoms with Crippen molar-refractivity contribution in [3.05, 3.63) is 0 Å². The topological polar surface area (TPSA) is 87.2 Å². The van der Waals surface area contributed by atoms with Crippen LogP contribution in [0.2, 0.25) is 0 Å². The number of likely N-dealkylation sites (N-methyl/N-ethyl adjacent to an activating group) is 1. The van der Waals surface area contributed by atoms with Gasteiger partial charge in [-0.05, 0) is 13.3 Å². The van der Waals surface area contributed by atoms with Gasteiger partial charge in [-0.15, -0.1) is 0 Å². The second-order valence-corrected chi connectivity index (χ2v) is 3.76. The molecule has 7 heteroatoms. The maximum Gasteiger partial charge on any atom is 0.325 e. The number of urea groups is 1. The van der Waals surface area contributed by atoms with E-state index < -0.39 is 24.5 Å². The first-order valence-corrected chi connectivity index (χ1v) is 5.79. The van der Waals surface area contributed by atoms with Gasteiger partial charge in [-0.25, -0.2) is 4.79 Å². The van der Waals surface area contributed by atoms with E-state index in [9.17, 15) is 14.4 Å². The molecule has 0 saturated carbocycles. The quantitative estimate of drug-likeness (QED) is 0.669. The smallest absolute Gasteiger partial charge is 0.325 e. The van der Waals surface area contributed by atoms with E-state index >= 15 is 0 Å². The summed E-state index contributed by atoms with van der Waals surface area (Å²) in [4.78, 5) is 36.1. The SMILES string of the molecule is CCCN(CC(=O)OCC)C(=O)N(C)CC(=O)O. The van der Waals surface area contributed by atoms with E-state index in [1.807, 2.05) is 6.92 Å². The number of hydrogen-bond acceptors (Lipinski definition) is 4. The molecule has 0 aliphatic heterocycles. The van der Waals surface area contributed by atoms with E-state index in [0.717, 1.165) is 4.90 Å². The zero-order chi connectivity index (χ0) is 14.1. The predicted octanol–water partition coefficient (Wildman–Crippen LogP) is 0.398. The van der Waals surface area contributed by atoms with Gasteiger partial charge in [0, 0.05) is 13.6 Å². The molecule has 0 rings (SSSR count). The lowest BCUT2D eigenvalue weighted by Gasteiger charge is -2.26. The van der Waals surface area contributed by atoms with Crippen molar-refractivity contribution in [1.82, 2.24) is 9.80 Å². The van der Waals surface area contributed by atoms with Crippen molar-refractivity contribution < 1.29 is 24.2 Å². The summed E-state index contributed by atoms with van der Waals surface area (Å²) < 4.78 is 4.76. The lowest BCUT2D eigenvalue weighted by atomic mass is 10.4. The summed E-state index contributed by atoms with van der Waals surface area (Å²) in [6.07, 6.45) is 0.673. The van der Waals surface area contributed by atoms with Crippen LogP contribution in [0.25, 0.3) is 0 Å². The minimum Gasteiger partial charge on any atom is -0.480 e. The number of carboxylic acids is 1. The first-order chi connectivity index (χ1) is 8.42. The first kappa shape index (κ1) is 16.2. The summed E-state index contributed by atoms with van der Waals surface area (Å²) >= 11 is 0. The molecule has 0 unspecified atom stereocenters. The zero-order valence-electron chi connectivity index (χ0n) is 11.0. The van der Waals surface area contributed by atoms with Crippen molar-refractivity contribution in [1.29, 1.82) is 0 Å². The average Bonchev–Trinajstić information content (AvgIpc) is 2.26. The fraction of sp³-hybridized carbons (Fsp3) is 0.727. The Labute approximate surface area is 106 Å². The number of hydrogen-bond donors (Lipinski definition) is 1. The van der Waals surface area contributed by atoms with Crippen LogP contribution < -0.4 is 0 Å². The van der Waals surface area contributed by atoms with Crippen molar-refractivity contribution in [3.63, 3.8) is 0 Å². The number of ether oxygens (including phenoxy) is 1. The van der Waals surface area contributed by atoms with Gasteiger partial charge < -0.3 is 19.6 Å². The van der Waals surface area contributed by atoms with Crippen LogP contribution in [0.3, 0.4) is 0 Å². The summed E-state index contributed by atoms with van der Waals surface area (Å²) in [6, 6.07) is -0.493. The fourth-order valence-corrected chi connectivity index (χ4v) is 1.39. The number of nitrogens with zero attached hydrogens (tertiary/aromatic N) is 2. The Balaban J connectivity index is 4.52. The molecule has 0 aliphatic rings. The molecule has 0 atom stereocenters. The summed E-state index contributed by atoms with van der Waals surface area (Å²) in [5.74, 6) is -1.60. The van der Waals surface area contributed by atoms with Crippen molar-refractivity contribution >= 4 is 18.0 Å². The van der Waals surface area contributed by atoms with Crippen LogP contribution in [0, 0.1) is 0 Å². The van der Waals surface area contributed by atoms with Crippen LogP contribution in [0.1, 0.15) is 20.3 Å². The lowest BCUT2D eigenvalue weighted by Crippen LogP contribution is -2.45. The predicted molar refractivity (Wildman–Crippen MR) is 64.2 cm³/mol. The van der Waals surface area contributed by atoms with Gasteiger partial charge in [0.05, 0.1) is 6.61 Å². The maximum absolute atomic E-state index is 11.9. The number of carbonyl (C=O) groups is 3. The summed E-state index contributed by atoms with van der Waals surface area (Å²) in [5.41, 5.74) is 0. The molecule has 0 aliphatic carbocycles. The van der Waals surface area contributed by atoms with Gasteiger partial charge in [0.2, 0.25) is 0 Å². The standard InChI is InChI=1S/C11H20N2O5/c1-4-6-13(8-10(16)18-5-2)11(17)12(3)7-9(14)15/h4-8H2,1-3H3,(H,14,15). The molecule has 0 saturated heterocycles. The van der Waals surface area contributed by atoms with Crippen LogP contribution in [0.5, 0.6) is 0 Å². The zero-order valence-corrected chi connectivity index (χ0v) is 11.0. The van der Waals surface area contributed by atoms with Crippen molar-refractivity contribution in [2.45, 2.75) is 20.3 Å². The van der Waals surface area contributed by atoms with Crippen LogP contribution in [-0.2, 0) is 14.3 Å². The summed E-state index contributed by atoms with van der Waals surface area (Å²) in [7, 11) is 1.38. The summed E-state index contributed by atoms with van der Waals surface area (Å²) in [5, 5.41) is 8.61. The normalized spacial score (nSPS) is 9.72. The van der Waals surface area contributed by atoms with Crippen LogP contribution in [-0.4, -0.2) is 66.2 Å². The molecule has 1 N–H and O–H groups in total. The number of carboxylic acid groups (broad SMARTS) is 1. The largest absolute Gasteiger partial charge is 0.480 e. The van der Waals surface area contributed by atoms with Gasteiger partial charge in [0.15, 0.2) is 0 Å². The van der Waals surface area contributed by atoms with Gasteiger partial charge in [-0.3, -0.25) is 9.59 Å². The van der Waals surface area contributed by atoms with Gasteiger partial charge in [0.1, 0.15) is 13.1 Å². The molecule has 0 aromatic rings. The molecular weight excluding hydrogens is 240 g/mol. The molecule has 0 aromatic carbocycles. The van der Waals surface area contributed by atoms with Crippen LogP contribution >= 0.6 is 0 Å². The third-order valence-electron chi connectivity index (χ3n) is 2.09. The Hall–Kier alpha value is -1.79. The Morgan fingerprint density at radius 2 is 1.78 bits per heavy atom. The molecule has 7 nitrogen and oxygen atoms in total. The monoisotopic (exact) mass is 260 g/mol. The van der Waals surface area contributed by atoms with Gasteiger partial charge in [0.25, 0.3) is 0 Å². The molecular formula is C11H20N2O5. The van der Waals surface area contributed by atoms with E-state index in [0.29, 0.717) is 13.0 Å². The van der Waals surface area contributed by atoms with E-state index in [1.54, 1.807) is 6.92 Å². The van der Waals surface area contributed by atoms with E-state index in [2.05, 4.69) is 0 Å². The highest BCUT2D eigenvalue weighted by Crippen LogP contribution is 2.00. The van der Waals surface area contributed by atoms with E-state index in [-0.39, 0.29) is 13.2 Å². The second-order valence-electron chi connectivity index (χ2n) is 3.76. The average molecular weight is 260 g/mol. The third kappa shape index (κ3) is 6.07.